The first-order valence-electron chi connectivity index (χ1n) is 20.4. The molecule has 0 aliphatic carbocycles. The first-order valence-corrected chi connectivity index (χ1v) is 20.4. The summed E-state index contributed by atoms with van der Waals surface area (Å²) in [7, 11) is 0. The Morgan fingerprint density at radius 3 is 1.73 bits per heavy atom. The van der Waals surface area contributed by atoms with Crippen LogP contribution in [0.15, 0.2) is 219 Å². The molecule has 4 nitrogen and oxygen atoms in total. The number of phenols is 1. The first-order chi connectivity index (χ1) is 29.6. The van der Waals surface area contributed by atoms with Crippen LogP contribution in [0.1, 0.15) is 24.0 Å². The highest BCUT2D eigenvalue weighted by Gasteiger charge is 2.23. The molecule has 0 amide bonds. The second-order valence-electron chi connectivity index (χ2n) is 15.2. The maximum absolute atomic E-state index is 11.4. The third-order valence-electron chi connectivity index (χ3n) is 11.5. The Kier molecular flexibility index (Phi) is 9.64. The van der Waals surface area contributed by atoms with Crippen LogP contribution >= 0.6 is 0 Å². The number of hydrogen-bond acceptors (Lipinski definition) is 3. The van der Waals surface area contributed by atoms with Crippen molar-refractivity contribution >= 4 is 11.0 Å². The van der Waals surface area contributed by atoms with E-state index in [0.29, 0.717) is 11.4 Å². The molecule has 1 N–H and O–H groups in total. The maximum Gasteiger partial charge on any atom is 0.149 e. The summed E-state index contributed by atoms with van der Waals surface area (Å²) in [4.78, 5) is 10.4. The molecular formula is C56H41N3O. The predicted octanol–water partition coefficient (Wildman–Crippen LogP) is 14.3. The van der Waals surface area contributed by atoms with Gasteiger partial charge in [-0.2, -0.15) is 0 Å². The minimum absolute atomic E-state index is 0.118. The van der Waals surface area contributed by atoms with Gasteiger partial charge in [-0.15, -0.1) is 0 Å². The molecule has 0 fully saturated rings. The van der Waals surface area contributed by atoms with Crippen molar-refractivity contribution in [2.24, 2.45) is 0 Å². The second kappa shape index (κ2) is 15.8. The van der Waals surface area contributed by atoms with Crippen molar-refractivity contribution < 1.29 is 5.11 Å². The van der Waals surface area contributed by atoms with E-state index < -0.39 is 0 Å². The van der Waals surface area contributed by atoms with Gasteiger partial charge in [0.2, 0.25) is 0 Å². The molecule has 4 heteroatoms. The van der Waals surface area contributed by atoms with Gasteiger partial charge in [0, 0.05) is 28.8 Å². The van der Waals surface area contributed by atoms with Crippen molar-refractivity contribution in [3.05, 3.63) is 230 Å². The van der Waals surface area contributed by atoms with E-state index in [1.54, 1.807) is 6.07 Å². The number of nitrogens with zero attached hydrogens (tertiary/aromatic N) is 3. The molecule has 10 rings (SSSR count). The fourth-order valence-corrected chi connectivity index (χ4v) is 8.35. The van der Waals surface area contributed by atoms with Crippen LogP contribution in [-0.4, -0.2) is 19.6 Å². The molecule has 60 heavy (non-hydrogen) atoms. The van der Waals surface area contributed by atoms with E-state index in [1.807, 2.05) is 42.6 Å². The lowest BCUT2D eigenvalue weighted by Gasteiger charge is -2.18. The zero-order valence-electron chi connectivity index (χ0n) is 33.2. The number of benzene rings is 8. The van der Waals surface area contributed by atoms with Crippen LogP contribution in [0.5, 0.6) is 5.75 Å². The summed E-state index contributed by atoms with van der Waals surface area (Å²) in [6.07, 6.45) is 1.90. The normalized spacial score (nSPS) is 11.8. The molecule has 0 aliphatic heterocycles. The van der Waals surface area contributed by atoms with Crippen LogP contribution in [-0.2, 0) is 0 Å². The van der Waals surface area contributed by atoms with Gasteiger partial charge in [-0.25, -0.2) is 4.98 Å². The van der Waals surface area contributed by atoms with Crippen LogP contribution < -0.4 is 0 Å². The summed E-state index contributed by atoms with van der Waals surface area (Å²) in [5.41, 5.74) is 16.4. The predicted molar refractivity (Wildman–Crippen MR) is 247 cm³/mol. The number of aromatic hydroxyl groups is 1. The molecule has 0 saturated heterocycles. The van der Waals surface area contributed by atoms with Crippen LogP contribution in [0.3, 0.4) is 0 Å². The molecule has 10 aromatic rings. The quantitative estimate of drug-likeness (QED) is 0.159. The van der Waals surface area contributed by atoms with Crippen LogP contribution in [0.2, 0.25) is 0 Å². The van der Waals surface area contributed by atoms with Crippen LogP contribution in [0, 0.1) is 0 Å². The zero-order chi connectivity index (χ0) is 40.4. The molecular weight excluding hydrogens is 731 g/mol. The summed E-state index contributed by atoms with van der Waals surface area (Å²) in [5, 5.41) is 11.4. The lowest BCUT2D eigenvalue weighted by atomic mass is 9.88. The maximum atomic E-state index is 11.4. The van der Waals surface area contributed by atoms with Crippen molar-refractivity contribution in [2.45, 2.75) is 12.8 Å². The summed E-state index contributed by atoms with van der Waals surface area (Å²) in [6.45, 7) is 2.27. The van der Waals surface area contributed by atoms with Gasteiger partial charge in [-0.05, 0) is 99.1 Å². The Morgan fingerprint density at radius 1 is 0.433 bits per heavy atom. The Balaban J connectivity index is 1.22. The molecule has 286 valence electrons. The number of phenolic OH excluding ortho intramolecular Hbond substituents is 1. The molecule has 1 atom stereocenters. The minimum atomic E-state index is 0.118. The molecule has 0 bridgehead atoms. The highest BCUT2D eigenvalue weighted by Crippen LogP contribution is 2.42. The molecule has 8 aromatic carbocycles. The Hall–Kier alpha value is -7.82. The average Bonchev–Trinajstić information content (AvgIpc) is 3.71. The summed E-state index contributed by atoms with van der Waals surface area (Å²) >= 11 is 0. The molecule has 0 saturated carbocycles. The Bertz CT molecular complexity index is 3100. The Morgan fingerprint density at radius 2 is 1.03 bits per heavy atom. The number of rotatable bonds is 9. The third-order valence-corrected chi connectivity index (χ3v) is 11.5. The van der Waals surface area contributed by atoms with E-state index in [1.165, 1.54) is 11.1 Å². The van der Waals surface area contributed by atoms with Crippen LogP contribution in [0.4, 0.5) is 0 Å². The van der Waals surface area contributed by atoms with Gasteiger partial charge >= 0.3 is 0 Å². The summed E-state index contributed by atoms with van der Waals surface area (Å²) in [6, 6.07) is 73.7. The molecule has 0 aliphatic rings. The second-order valence-corrected chi connectivity index (χ2v) is 15.2. The molecule has 2 aromatic heterocycles. The van der Waals surface area contributed by atoms with Crippen molar-refractivity contribution in [1.29, 1.82) is 0 Å². The monoisotopic (exact) mass is 771 g/mol. The number of aromatic nitrogens is 3. The van der Waals surface area contributed by atoms with Crippen molar-refractivity contribution in [3.8, 4) is 78.6 Å². The average molecular weight is 772 g/mol. The summed E-state index contributed by atoms with van der Waals surface area (Å²) < 4.78 is 2.22. The number of pyridine rings is 1. The van der Waals surface area contributed by atoms with Gasteiger partial charge < -0.3 is 5.11 Å². The molecule has 0 spiro atoms. The Labute approximate surface area is 350 Å². The number of fused-ring (bicyclic) bond motifs is 1. The van der Waals surface area contributed by atoms with E-state index in [0.717, 1.165) is 72.5 Å². The van der Waals surface area contributed by atoms with Gasteiger partial charge in [0.15, 0.2) is 0 Å². The highest BCUT2D eigenvalue weighted by molar-refractivity contribution is 5.98. The molecule has 0 radical (unpaired) electrons. The van der Waals surface area contributed by atoms with Gasteiger partial charge in [0.1, 0.15) is 11.6 Å². The lowest BCUT2D eigenvalue weighted by Crippen LogP contribution is -2.01. The fourth-order valence-electron chi connectivity index (χ4n) is 8.35. The topological polar surface area (TPSA) is 50.9 Å². The number of imidazole rings is 1. The zero-order valence-corrected chi connectivity index (χ0v) is 33.2. The number of para-hydroxylation sites is 2. The van der Waals surface area contributed by atoms with Crippen molar-refractivity contribution in [2.75, 3.05) is 0 Å². The lowest BCUT2D eigenvalue weighted by molar-refractivity contribution is 0.477. The fraction of sp³-hybridized carbons (Fsp3) is 0.0357. The van der Waals surface area contributed by atoms with E-state index in [9.17, 15) is 5.11 Å². The molecule has 1 unspecified atom stereocenters. The minimum Gasteiger partial charge on any atom is -0.507 e. The van der Waals surface area contributed by atoms with Gasteiger partial charge in [0.05, 0.1) is 28.0 Å². The van der Waals surface area contributed by atoms with E-state index in [2.05, 4.69) is 181 Å². The van der Waals surface area contributed by atoms with E-state index >= 15 is 0 Å². The van der Waals surface area contributed by atoms with Crippen molar-refractivity contribution in [3.63, 3.8) is 0 Å². The largest absolute Gasteiger partial charge is 0.507 e. The standard InChI is InChI=1S/C56H41N3O/c1-38(39-17-6-2-7-18-39)45-33-46(35-47(34-45)51-37-44(31-32-57-51)41-21-10-4-11-22-41)48-26-16-27-53-55(48)58-56(49-25-14-15-28-54(49)60)59(53)52-30-29-43(40-19-8-3-9-20-40)36-50(52)42-23-12-5-13-24-42/h2-38,60H,1H3. The third kappa shape index (κ3) is 6.95. The van der Waals surface area contributed by atoms with Gasteiger partial charge in [0.25, 0.3) is 0 Å². The smallest absolute Gasteiger partial charge is 0.149 e. The summed E-state index contributed by atoms with van der Waals surface area (Å²) in [5.74, 6) is 0.946. The van der Waals surface area contributed by atoms with Crippen molar-refractivity contribution in [1.82, 2.24) is 14.5 Å². The first kappa shape index (κ1) is 36.5. The molecule has 2 heterocycles. The van der Waals surface area contributed by atoms with Crippen LogP contribution in [0.25, 0.3) is 83.9 Å². The highest BCUT2D eigenvalue weighted by atomic mass is 16.3. The van der Waals surface area contributed by atoms with Gasteiger partial charge in [-0.3, -0.25) is 9.55 Å². The van der Waals surface area contributed by atoms with E-state index in [-0.39, 0.29) is 11.7 Å². The SMILES string of the molecule is CC(c1ccccc1)c1cc(-c2cc(-c3ccccc3)ccn2)cc(-c2cccc3c2nc(-c2ccccc2O)n3-c2ccc(-c3ccccc3)cc2-c2ccccc2)c1. The van der Waals surface area contributed by atoms with E-state index in [4.69, 9.17) is 9.97 Å². The van der Waals surface area contributed by atoms with Gasteiger partial charge in [-0.1, -0.05) is 165 Å². The number of hydrogen-bond donors (Lipinski definition) is 1.